The van der Waals surface area contributed by atoms with Gasteiger partial charge in [0.25, 0.3) is 5.91 Å². The van der Waals surface area contributed by atoms with Gasteiger partial charge in [0.2, 0.25) is 6.79 Å². The van der Waals surface area contributed by atoms with E-state index in [-0.39, 0.29) is 12.4 Å². The highest BCUT2D eigenvalue weighted by molar-refractivity contribution is 9.10. The predicted octanol–water partition coefficient (Wildman–Crippen LogP) is 5.30. The van der Waals surface area contributed by atoms with Gasteiger partial charge in [0, 0.05) is 10.2 Å². The first-order valence-electron chi connectivity index (χ1n) is 9.41. The Labute approximate surface area is 187 Å². The second-order valence-electron chi connectivity index (χ2n) is 6.68. The summed E-state index contributed by atoms with van der Waals surface area (Å²) in [5.74, 6) is 1.65. The lowest BCUT2D eigenvalue weighted by Gasteiger charge is -2.08. The average molecular weight is 477 g/mol. The van der Waals surface area contributed by atoms with Crippen LogP contribution in [-0.2, 0) is 11.4 Å². The molecule has 1 amide bonds. The molecule has 1 aliphatic rings. The third-order valence-electron chi connectivity index (χ3n) is 4.48. The van der Waals surface area contributed by atoms with Crippen LogP contribution in [0.3, 0.4) is 0 Å². The summed E-state index contributed by atoms with van der Waals surface area (Å²) >= 11 is 3.35. The molecule has 0 aromatic heterocycles. The van der Waals surface area contributed by atoms with Crippen molar-refractivity contribution in [3.05, 3.63) is 87.9 Å². The van der Waals surface area contributed by atoms with Gasteiger partial charge >= 0.3 is 0 Å². The van der Waals surface area contributed by atoms with Gasteiger partial charge in [0.1, 0.15) is 24.0 Å². The fraction of sp³-hybridized carbons (Fsp3) is 0.0833. The molecule has 6 nitrogen and oxygen atoms in total. The molecule has 1 heterocycles. The molecule has 154 valence electrons. The van der Waals surface area contributed by atoms with Gasteiger partial charge in [-0.3, -0.25) is 4.79 Å². The van der Waals surface area contributed by atoms with Crippen LogP contribution >= 0.6 is 15.9 Å². The van der Waals surface area contributed by atoms with Crippen molar-refractivity contribution in [2.75, 3.05) is 12.1 Å². The Balaban J connectivity index is 1.38. The van der Waals surface area contributed by atoms with Crippen LogP contribution in [-0.4, -0.2) is 12.7 Å². The summed E-state index contributed by atoms with van der Waals surface area (Å²) in [6, 6.07) is 22.0. The topological polar surface area (TPSA) is 80.6 Å². The monoisotopic (exact) mass is 476 g/mol. The second-order valence-corrected chi connectivity index (χ2v) is 7.60. The lowest BCUT2D eigenvalue weighted by Crippen LogP contribution is -2.13. The molecule has 0 spiro atoms. The summed E-state index contributed by atoms with van der Waals surface area (Å²) < 4.78 is 17.3. The van der Waals surface area contributed by atoms with Gasteiger partial charge in [-0.25, -0.2) is 0 Å². The maximum Gasteiger partial charge on any atom is 0.266 e. The number of carbonyl (C=O) groups is 1. The van der Waals surface area contributed by atoms with Crippen molar-refractivity contribution in [3.63, 3.8) is 0 Å². The minimum atomic E-state index is -0.469. The van der Waals surface area contributed by atoms with E-state index in [0.29, 0.717) is 23.8 Å². The number of nitriles is 1. The van der Waals surface area contributed by atoms with Crippen LogP contribution in [0.15, 0.2) is 76.8 Å². The Morgan fingerprint density at radius 2 is 1.90 bits per heavy atom. The molecule has 0 aliphatic carbocycles. The zero-order valence-corrected chi connectivity index (χ0v) is 17.9. The molecule has 4 rings (SSSR count). The Morgan fingerprint density at radius 1 is 1.10 bits per heavy atom. The van der Waals surface area contributed by atoms with E-state index in [9.17, 15) is 10.1 Å². The number of halogens is 1. The molecule has 0 atom stereocenters. The quantitative estimate of drug-likeness (QED) is 0.385. The summed E-state index contributed by atoms with van der Waals surface area (Å²) in [6.45, 7) is 0.616. The first-order valence-corrected chi connectivity index (χ1v) is 10.2. The van der Waals surface area contributed by atoms with E-state index in [2.05, 4.69) is 21.2 Å². The van der Waals surface area contributed by atoms with Gasteiger partial charge in [-0.1, -0.05) is 40.2 Å². The standard InChI is InChI=1S/C24H17BrN2O4/c25-19-2-1-3-20(12-19)27-24(28)18(13-26)10-16-4-7-21(8-5-16)29-14-17-6-9-22-23(11-17)31-15-30-22/h1-12H,14-15H2,(H,27,28)/b18-10-. The number of rotatable bonds is 6. The lowest BCUT2D eigenvalue weighted by molar-refractivity contribution is -0.112. The number of benzene rings is 3. The summed E-state index contributed by atoms with van der Waals surface area (Å²) in [5.41, 5.74) is 2.29. The van der Waals surface area contributed by atoms with Crippen LogP contribution in [0.25, 0.3) is 6.08 Å². The van der Waals surface area contributed by atoms with Gasteiger partial charge in [-0.2, -0.15) is 5.26 Å². The summed E-state index contributed by atoms with van der Waals surface area (Å²) in [7, 11) is 0. The first kappa shape index (κ1) is 20.5. The van der Waals surface area contributed by atoms with Gasteiger partial charge in [0.05, 0.1) is 0 Å². The number of nitrogens with one attached hydrogen (secondary N) is 1. The molecule has 0 fully saturated rings. The fourth-order valence-corrected chi connectivity index (χ4v) is 3.34. The molecule has 0 saturated heterocycles. The second kappa shape index (κ2) is 9.37. The van der Waals surface area contributed by atoms with Crippen LogP contribution < -0.4 is 19.5 Å². The molecular formula is C24H17BrN2O4. The van der Waals surface area contributed by atoms with Crippen LogP contribution in [0.2, 0.25) is 0 Å². The molecule has 3 aromatic rings. The van der Waals surface area contributed by atoms with Crippen molar-refractivity contribution in [2.45, 2.75) is 6.61 Å². The molecule has 1 N–H and O–H groups in total. The Hall–Kier alpha value is -3.76. The minimum Gasteiger partial charge on any atom is -0.489 e. The third kappa shape index (κ3) is 5.24. The van der Waals surface area contributed by atoms with Gasteiger partial charge in [-0.05, 0) is 59.7 Å². The van der Waals surface area contributed by atoms with Gasteiger partial charge in [-0.15, -0.1) is 0 Å². The van der Waals surface area contributed by atoms with E-state index < -0.39 is 5.91 Å². The molecule has 0 saturated carbocycles. The lowest BCUT2D eigenvalue weighted by atomic mass is 10.1. The molecule has 31 heavy (non-hydrogen) atoms. The Kier molecular flexibility index (Phi) is 6.20. The molecule has 7 heteroatoms. The average Bonchev–Trinajstić information content (AvgIpc) is 3.24. The zero-order valence-electron chi connectivity index (χ0n) is 16.3. The largest absolute Gasteiger partial charge is 0.489 e. The maximum absolute atomic E-state index is 12.4. The SMILES string of the molecule is N#C/C(=C/c1ccc(OCc2ccc3c(c2)OCO3)cc1)C(=O)Nc1cccc(Br)c1. The normalized spacial score (nSPS) is 12.2. The maximum atomic E-state index is 12.4. The number of hydrogen-bond acceptors (Lipinski definition) is 5. The van der Waals surface area contributed by atoms with E-state index >= 15 is 0 Å². The predicted molar refractivity (Wildman–Crippen MR) is 120 cm³/mol. The van der Waals surface area contributed by atoms with Crippen LogP contribution in [0, 0.1) is 11.3 Å². The van der Waals surface area contributed by atoms with Crippen molar-refractivity contribution in [1.29, 1.82) is 5.26 Å². The Morgan fingerprint density at radius 3 is 2.68 bits per heavy atom. The third-order valence-corrected chi connectivity index (χ3v) is 4.97. The number of anilines is 1. The minimum absolute atomic E-state index is 0.00834. The molecule has 3 aromatic carbocycles. The smallest absolute Gasteiger partial charge is 0.266 e. The van der Waals surface area contributed by atoms with E-state index in [1.807, 2.05) is 30.3 Å². The highest BCUT2D eigenvalue weighted by Crippen LogP contribution is 2.32. The number of ether oxygens (including phenoxy) is 3. The van der Waals surface area contributed by atoms with E-state index in [1.54, 1.807) is 42.5 Å². The molecular weight excluding hydrogens is 460 g/mol. The number of hydrogen-bond donors (Lipinski definition) is 1. The van der Waals surface area contributed by atoms with Crippen molar-refractivity contribution in [2.24, 2.45) is 0 Å². The fourth-order valence-electron chi connectivity index (χ4n) is 2.94. The van der Waals surface area contributed by atoms with Crippen LogP contribution in [0.4, 0.5) is 5.69 Å². The van der Waals surface area contributed by atoms with Crippen molar-refractivity contribution in [3.8, 4) is 23.3 Å². The van der Waals surface area contributed by atoms with Crippen molar-refractivity contribution >= 4 is 33.6 Å². The molecule has 1 aliphatic heterocycles. The van der Waals surface area contributed by atoms with E-state index in [1.165, 1.54) is 6.08 Å². The number of nitrogens with zero attached hydrogens (tertiary/aromatic N) is 1. The summed E-state index contributed by atoms with van der Waals surface area (Å²) in [6.07, 6.45) is 1.54. The van der Waals surface area contributed by atoms with Crippen LogP contribution in [0.1, 0.15) is 11.1 Å². The number of fused-ring (bicyclic) bond motifs is 1. The van der Waals surface area contributed by atoms with Gasteiger partial charge < -0.3 is 19.5 Å². The van der Waals surface area contributed by atoms with E-state index in [0.717, 1.165) is 21.3 Å². The highest BCUT2D eigenvalue weighted by Gasteiger charge is 2.13. The summed E-state index contributed by atoms with van der Waals surface area (Å²) in [4.78, 5) is 12.4. The summed E-state index contributed by atoms with van der Waals surface area (Å²) in [5, 5.41) is 12.1. The van der Waals surface area contributed by atoms with Crippen molar-refractivity contribution < 1.29 is 19.0 Å². The molecule has 0 radical (unpaired) electrons. The molecule has 0 unspecified atom stereocenters. The Bertz CT molecular complexity index is 1180. The van der Waals surface area contributed by atoms with Crippen molar-refractivity contribution in [1.82, 2.24) is 0 Å². The van der Waals surface area contributed by atoms with Gasteiger partial charge in [0.15, 0.2) is 11.5 Å². The highest BCUT2D eigenvalue weighted by atomic mass is 79.9. The zero-order chi connectivity index (χ0) is 21.6. The number of carbonyl (C=O) groups excluding carboxylic acids is 1. The molecule has 0 bridgehead atoms. The number of amides is 1. The first-order chi connectivity index (χ1) is 15.1. The van der Waals surface area contributed by atoms with E-state index in [4.69, 9.17) is 14.2 Å². The van der Waals surface area contributed by atoms with Crippen LogP contribution in [0.5, 0.6) is 17.2 Å².